The van der Waals surface area contributed by atoms with E-state index in [1.54, 1.807) is 35.9 Å². The van der Waals surface area contributed by atoms with E-state index in [0.29, 0.717) is 20.9 Å². The second-order valence-corrected chi connectivity index (χ2v) is 7.52. The minimum absolute atomic E-state index is 0.188. The van der Waals surface area contributed by atoms with Crippen molar-refractivity contribution in [3.8, 4) is 0 Å². The van der Waals surface area contributed by atoms with Gasteiger partial charge in [0.1, 0.15) is 12.0 Å². The molecule has 0 N–H and O–H groups in total. The fourth-order valence-electron chi connectivity index (χ4n) is 2.78. The number of benzene rings is 2. The van der Waals surface area contributed by atoms with Gasteiger partial charge >= 0.3 is 0 Å². The molecule has 0 amide bonds. The van der Waals surface area contributed by atoms with Gasteiger partial charge in [-0.3, -0.25) is 14.2 Å². The van der Waals surface area contributed by atoms with Crippen LogP contribution in [0.4, 0.5) is 0 Å². The number of carbonyl (C=O) groups excluding carboxylic acids is 1. The molecular weight excluding hydrogens is 394 g/mol. The maximum atomic E-state index is 13.1. The maximum Gasteiger partial charge on any atom is 0.265 e. The van der Waals surface area contributed by atoms with Gasteiger partial charge in [-0.15, -0.1) is 11.3 Å². The predicted octanol–water partition coefficient (Wildman–Crippen LogP) is 4.70. The van der Waals surface area contributed by atoms with Crippen LogP contribution in [0.15, 0.2) is 65.2 Å². The Morgan fingerprint density at radius 1 is 1.14 bits per heavy atom. The van der Waals surface area contributed by atoms with Crippen molar-refractivity contribution in [2.45, 2.75) is 6.92 Å². The van der Waals surface area contributed by atoms with Crippen LogP contribution < -0.4 is 5.56 Å². The Morgan fingerprint density at radius 3 is 2.64 bits per heavy atom. The zero-order chi connectivity index (χ0) is 19.7. The Bertz CT molecular complexity index is 1260. The van der Waals surface area contributed by atoms with Crippen molar-refractivity contribution in [2.75, 3.05) is 0 Å². The average Bonchev–Trinajstić information content (AvgIpc) is 3.22. The Hall–Kier alpha value is -3.09. The van der Waals surface area contributed by atoms with Gasteiger partial charge in [0, 0.05) is 16.6 Å². The van der Waals surface area contributed by atoms with Crippen molar-refractivity contribution in [3.05, 3.63) is 91.9 Å². The third kappa shape index (κ3) is 3.52. The van der Waals surface area contributed by atoms with Crippen LogP contribution in [0.1, 0.15) is 20.9 Å². The van der Waals surface area contributed by atoms with E-state index in [-0.39, 0.29) is 17.0 Å². The Kier molecular flexibility index (Phi) is 4.90. The quantitative estimate of drug-likeness (QED) is 0.363. The van der Waals surface area contributed by atoms with E-state index in [2.05, 4.69) is 9.97 Å². The lowest BCUT2D eigenvalue weighted by Gasteiger charge is -2.10. The highest BCUT2D eigenvalue weighted by molar-refractivity contribution is 7.12. The molecule has 0 aliphatic carbocycles. The van der Waals surface area contributed by atoms with Gasteiger partial charge in [-0.05, 0) is 36.8 Å². The number of halogens is 1. The average molecular weight is 408 g/mol. The summed E-state index contributed by atoms with van der Waals surface area (Å²) in [6, 6.07) is 12.5. The maximum absolute atomic E-state index is 13.1. The van der Waals surface area contributed by atoms with E-state index in [1.807, 2.05) is 31.2 Å². The van der Waals surface area contributed by atoms with E-state index in [4.69, 9.17) is 11.6 Å². The number of thiazole rings is 1. The molecule has 5 nitrogen and oxygen atoms in total. The van der Waals surface area contributed by atoms with Gasteiger partial charge in [0.05, 0.1) is 10.9 Å². The molecule has 0 saturated carbocycles. The van der Waals surface area contributed by atoms with E-state index in [1.165, 1.54) is 22.2 Å². The van der Waals surface area contributed by atoms with Gasteiger partial charge in [0.25, 0.3) is 5.56 Å². The molecule has 0 aliphatic rings. The molecule has 0 spiro atoms. The first-order chi connectivity index (χ1) is 13.5. The van der Waals surface area contributed by atoms with Gasteiger partial charge < -0.3 is 0 Å². The van der Waals surface area contributed by atoms with E-state index < -0.39 is 0 Å². The van der Waals surface area contributed by atoms with Crippen LogP contribution in [-0.4, -0.2) is 20.3 Å². The zero-order valence-electron chi connectivity index (χ0n) is 14.8. The number of aromatic nitrogens is 3. The summed E-state index contributed by atoms with van der Waals surface area (Å²) >= 11 is 7.21. The van der Waals surface area contributed by atoms with Crippen molar-refractivity contribution in [2.24, 2.45) is 0 Å². The van der Waals surface area contributed by atoms with E-state index >= 15 is 0 Å². The van der Waals surface area contributed by atoms with Crippen LogP contribution in [0.25, 0.3) is 22.7 Å². The Morgan fingerprint density at radius 2 is 1.93 bits per heavy atom. The van der Waals surface area contributed by atoms with Crippen LogP contribution in [0.3, 0.4) is 0 Å². The minimum Gasteiger partial charge on any atom is -0.284 e. The zero-order valence-corrected chi connectivity index (χ0v) is 16.4. The van der Waals surface area contributed by atoms with Crippen LogP contribution in [0.5, 0.6) is 0 Å². The fraction of sp³-hybridized carbons (Fsp3) is 0.0476. The normalized spacial score (nSPS) is 11.7. The summed E-state index contributed by atoms with van der Waals surface area (Å²) in [5.74, 6) is -0.340. The third-order valence-electron chi connectivity index (χ3n) is 4.22. The standard InChI is InChI=1S/C21H14ClN3O2S/c1-13-2-4-14(5-3-13)10-18(19(26)20-23-8-9-28-20)25-12-24-17-11-15(22)6-7-16(17)21(25)27/h2-12H,1H3/b18-10-. The highest BCUT2D eigenvalue weighted by atomic mass is 35.5. The number of carbonyl (C=O) groups is 1. The van der Waals surface area contributed by atoms with Crippen LogP contribution in [-0.2, 0) is 0 Å². The van der Waals surface area contributed by atoms with Gasteiger partial charge in [-0.2, -0.15) is 0 Å². The van der Waals surface area contributed by atoms with Crippen LogP contribution in [0, 0.1) is 6.92 Å². The summed E-state index contributed by atoms with van der Waals surface area (Å²) in [4.78, 5) is 34.6. The summed E-state index contributed by atoms with van der Waals surface area (Å²) in [6.07, 6.45) is 4.59. The molecule has 0 atom stereocenters. The highest BCUT2D eigenvalue weighted by Gasteiger charge is 2.19. The summed E-state index contributed by atoms with van der Waals surface area (Å²) < 4.78 is 1.26. The smallest absolute Gasteiger partial charge is 0.265 e. The highest BCUT2D eigenvalue weighted by Crippen LogP contribution is 2.20. The molecule has 4 aromatic rings. The second kappa shape index (κ2) is 7.50. The first kappa shape index (κ1) is 18.3. The molecule has 2 aromatic heterocycles. The molecule has 7 heteroatoms. The molecule has 28 heavy (non-hydrogen) atoms. The lowest BCUT2D eigenvalue weighted by molar-refractivity contribution is 0.105. The molecule has 0 unspecified atom stereocenters. The number of Topliss-reactive ketones (excluding diaryl/α,β-unsaturated/α-hetero) is 1. The molecule has 0 fully saturated rings. The van der Waals surface area contributed by atoms with Crippen molar-refractivity contribution in [3.63, 3.8) is 0 Å². The van der Waals surface area contributed by atoms with Crippen molar-refractivity contribution >= 4 is 51.4 Å². The van der Waals surface area contributed by atoms with Crippen molar-refractivity contribution in [1.29, 1.82) is 0 Å². The summed E-state index contributed by atoms with van der Waals surface area (Å²) in [6.45, 7) is 1.98. The van der Waals surface area contributed by atoms with Gasteiger partial charge in [0.2, 0.25) is 5.78 Å². The number of ketones is 1. The molecule has 2 aromatic carbocycles. The lowest BCUT2D eigenvalue weighted by Crippen LogP contribution is -2.23. The number of fused-ring (bicyclic) bond motifs is 1. The molecule has 0 bridgehead atoms. The van der Waals surface area contributed by atoms with Crippen molar-refractivity contribution < 1.29 is 4.79 Å². The number of aryl methyl sites for hydroxylation is 1. The van der Waals surface area contributed by atoms with Gasteiger partial charge in [-0.1, -0.05) is 41.4 Å². The van der Waals surface area contributed by atoms with Gasteiger partial charge in [-0.25, -0.2) is 9.97 Å². The lowest BCUT2D eigenvalue weighted by atomic mass is 10.1. The first-order valence-corrected chi connectivity index (χ1v) is 9.68. The minimum atomic E-state index is -0.343. The summed E-state index contributed by atoms with van der Waals surface area (Å²) in [5, 5.41) is 2.90. The molecule has 0 radical (unpaired) electrons. The molecule has 0 saturated heterocycles. The third-order valence-corrected chi connectivity index (χ3v) is 5.23. The first-order valence-electron chi connectivity index (χ1n) is 8.43. The molecule has 138 valence electrons. The Balaban J connectivity index is 1.93. The van der Waals surface area contributed by atoms with Crippen molar-refractivity contribution in [1.82, 2.24) is 14.5 Å². The number of nitrogens with zero attached hydrogens (tertiary/aromatic N) is 3. The fourth-order valence-corrected chi connectivity index (χ4v) is 3.53. The predicted molar refractivity (Wildman–Crippen MR) is 113 cm³/mol. The largest absolute Gasteiger partial charge is 0.284 e. The summed E-state index contributed by atoms with van der Waals surface area (Å²) in [5.41, 5.74) is 2.23. The van der Waals surface area contributed by atoms with Crippen LogP contribution >= 0.6 is 22.9 Å². The number of hydrogen-bond acceptors (Lipinski definition) is 5. The molecule has 2 heterocycles. The van der Waals surface area contributed by atoms with E-state index in [9.17, 15) is 9.59 Å². The monoisotopic (exact) mass is 407 g/mol. The van der Waals surface area contributed by atoms with Gasteiger partial charge in [0.15, 0.2) is 5.01 Å². The topological polar surface area (TPSA) is 64.8 Å². The van der Waals surface area contributed by atoms with E-state index in [0.717, 1.165) is 11.1 Å². The number of rotatable bonds is 4. The number of allylic oxidation sites excluding steroid dienone is 1. The second-order valence-electron chi connectivity index (χ2n) is 6.19. The number of hydrogen-bond donors (Lipinski definition) is 0. The SMILES string of the molecule is Cc1ccc(/C=C(/C(=O)c2nccs2)n2cnc3cc(Cl)ccc3c2=O)cc1. The Labute approximate surface area is 169 Å². The molecule has 0 aliphatic heterocycles. The summed E-state index contributed by atoms with van der Waals surface area (Å²) in [7, 11) is 0. The molecular formula is C21H14ClN3O2S. The molecule has 4 rings (SSSR count). The van der Waals surface area contributed by atoms with Crippen LogP contribution in [0.2, 0.25) is 5.02 Å².